The van der Waals surface area contributed by atoms with Crippen LogP contribution in [0.25, 0.3) is 0 Å². The van der Waals surface area contributed by atoms with E-state index in [1.807, 2.05) is 37.9 Å². The predicted octanol–water partition coefficient (Wildman–Crippen LogP) is 2.31. The molecule has 4 unspecified atom stereocenters. The minimum absolute atomic E-state index is 0.308. The number of carbonyl (C=O) groups is 1. The number of methoxy groups -OCH3 is 1. The van der Waals surface area contributed by atoms with Crippen molar-refractivity contribution in [3.05, 3.63) is 29.3 Å². The summed E-state index contributed by atoms with van der Waals surface area (Å²) in [5.41, 5.74) is 6.98. The number of ether oxygens (including phenoxy) is 2. The largest absolute Gasteiger partial charge is 0.490 e. The second-order valence-corrected chi connectivity index (χ2v) is 9.45. The number of nitrogens with zero attached hydrogens (tertiary/aromatic N) is 1. The highest BCUT2D eigenvalue weighted by molar-refractivity contribution is 7.41. The molecule has 0 bridgehead atoms. The van der Waals surface area contributed by atoms with Gasteiger partial charge in [0.2, 0.25) is 17.4 Å². The molecule has 1 aromatic rings. The molecule has 10 nitrogen and oxygen atoms in total. The number of amides is 1. The van der Waals surface area contributed by atoms with Crippen molar-refractivity contribution in [1.82, 2.24) is 4.90 Å². The predicted molar refractivity (Wildman–Crippen MR) is 120 cm³/mol. The molecule has 1 amide bonds. The van der Waals surface area contributed by atoms with Gasteiger partial charge in [0.25, 0.3) is 0 Å². The van der Waals surface area contributed by atoms with Crippen LogP contribution in [0.4, 0.5) is 0 Å². The summed E-state index contributed by atoms with van der Waals surface area (Å²) in [6.45, 7) is 4.93. The van der Waals surface area contributed by atoms with Gasteiger partial charge in [-0.2, -0.15) is 0 Å². The van der Waals surface area contributed by atoms with Crippen LogP contribution in [-0.4, -0.2) is 61.5 Å². The molecule has 0 saturated carbocycles. The fourth-order valence-corrected chi connectivity index (χ4v) is 5.67. The lowest BCUT2D eigenvalue weighted by Gasteiger charge is -2.37. The topological polar surface area (TPSA) is 122 Å². The summed E-state index contributed by atoms with van der Waals surface area (Å²) in [5, 5.41) is 10.3. The average molecular weight is 482 g/mol. The molecule has 2 heterocycles. The van der Waals surface area contributed by atoms with E-state index in [1.165, 1.54) is 7.11 Å². The summed E-state index contributed by atoms with van der Waals surface area (Å²) in [4.78, 5) is 19.9. The van der Waals surface area contributed by atoms with Gasteiger partial charge in [0, 0.05) is 18.5 Å². The lowest BCUT2D eigenvalue weighted by atomic mass is 9.67. The fraction of sp³-hybridized carbons (Fsp3) is 0.591. The van der Waals surface area contributed by atoms with Crippen molar-refractivity contribution in [2.24, 2.45) is 5.73 Å². The van der Waals surface area contributed by atoms with Crippen LogP contribution in [0.2, 0.25) is 0 Å². The van der Waals surface area contributed by atoms with E-state index in [0.29, 0.717) is 49.8 Å². The lowest BCUT2D eigenvalue weighted by molar-refractivity contribution is -0.123. The zero-order valence-electron chi connectivity index (χ0n) is 19.3. The number of benzene rings is 1. The minimum Gasteiger partial charge on any atom is -0.490 e. The van der Waals surface area contributed by atoms with E-state index in [1.54, 1.807) is 6.08 Å². The van der Waals surface area contributed by atoms with E-state index in [9.17, 15) is 9.90 Å². The third-order valence-electron chi connectivity index (χ3n) is 6.33. The maximum atomic E-state index is 12.3. The Kier molecular flexibility index (Phi) is 7.14. The fourth-order valence-electron chi connectivity index (χ4n) is 4.94. The molecule has 1 aromatic carbocycles. The first-order valence-corrected chi connectivity index (χ1v) is 12.1. The minimum atomic E-state index is -1.70. The first-order valence-electron chi connectivity index (χ1n) is 11.0. The highest BCUT2D eigenvalue weighted by atomic mass is 31.2. The highest BCUT2D eigenvalue weighted by Gasteiger charge is 2.55. The van der Waals surface area contributed by atoms with E-state index in [0.717, 1.165) is 11.1 Å². The smallest absolute Gasteiger partial charge is 0.375 e. The Morgan fingerprint density at radius 1 is 1.36 bits per heavy atom. The maximum Gasteiger partial charge on any atom is 0.375 e. The summed E-state index contributed by atoms with van der Waals surface area (Å²) < 4.78 is 28.4. The number of aliphatic hydroxyl groups is 1. The molecule has 0 aromatic heterocycles. The third kappa shape index (κ3) is 4.32. The van der Waals surface area contributed by atoms with E-state index < -0.39 is 32.1 Å². The van der Waals surface area contributed by atoms with Gasteiger partial charge in [0.05, 0.1) is 37.9 Å². The zero-order valence-corrected chi connectivity index (χ0v) is 20.2. The van der Waals surface area contributed by atoms with Crippen LogP contribution >= 0.6 is 8.60 Å². The summed E-state index contributed by atoms with van der Waals surface area (Å²) in [5.74, 6) is 0.793. The molecule has 3 aliphatic rings. The first-order chi connectivity index (χ1) is 15.8. The number of likely N-dealkylation sites (N-methyl/N-ethyl adjacent to an activating group) is 1. The number of hydrogen-bond donors (Lipinski definition) is 2. The molecule has 4 rings (SSSR count). The summed E-state index contributed by atoms with van der Waals surface area (Å²) in [6, 6.07) is 1.32. The van der Waals surface area contributed by atoms with Crippen molar-refractivity contribution in [3.63, 3.8) is 0 Å². The van der Waals surface area contributed by atoms with Crippen LogP contribution in [0.3, 0.4) is 0 Å². The Balaban J connectivity index is 1.79. The summed E-state index contributed by atoms with van der Waals surface area (Å²) in [6.07, 6.45) is 3.52. The van der Waals surface area contributed by atoms with Gasteiger partial charge in [-0.1, -0.05) is 12.2 Å². The molecule has 0 fully saturated rings. The van der Waals surface area contributed by atoms with Gasteiger partial charge in [0.15, 0.2) is 5.75 Å². The van der Waals surface area contributed by atoms with Crippen molar-refractivity contribution >= 4 is 14.5 Å². The Morgan fingerprint density at radius 2 is 2.09 bits per heavy atom. The van der Waals surface area contributed by atoms with Crippen molar-refractivity contribution in [1.29, 1.82) is 0 Å². The number of aliphatic hydroxyl groups excluding tert-OH is 1. The Hall–Kier alpha value is -1.94. The van der Waals surface area contributed by atoms with Crippen LogP contribution in [0, 0.1) is 0 Å². The van der Waals surface area contributed by atoms with Gasteiger partial charge in [-0.05, 0) is 38.9 Å². The van der Waals surface area contributed by atoms with Gasteiger partial charge in [0.1, 0.15) is 6.10 Å². The van der Waals surface area contributed by atoms with E-state index >= 15 is 0 Å². The first kappa shape index (κ1) is 24.2. The maximum absolute atomic E-state index is 12.3. The van der Waals surface area contributed by atoms with Crippen LogP contribution in [0.5, 0.6) is 17.2 Å². The lowest BCUT2D eigenvalue weighted by Crippen LogP contribution is -2.49. The molecular weight excluding hydrogens is 451 g/mol. The number of carbonyl (C=O) groups excluding carboxylic acids is 1. The quantitative estimate of drug-likeness (QED) is 0.236. The Morgan fingerprint density at radius 3 is 2.73 bits per heavy atom. The molecule has 3 N–H and O–H groups in total. The van der Waals surface area contributed by atoms with Gasteiger partial charge < -0.3 is 34.2 Å². The van der Waals surface area contributed by atoms with Crippen LogP contribution < -0.4 is 20.1 Å². The van der Waals surface area contributed by atoms with Crippen LogP contribution in [0.15, 0.2) is 18.2 Å². The molecule has 0 radical (unpaired) electrons. The molecule has 0 saturated heterocycles. The summed E-state index contributed by atoms with van der Waals surface area (Å²) >= 11 is 0. The Labute approximate surface area is 194 Å². The zero-order chi connectivity index (χ0) is 23.8. The third-order valence-corrected chi connectivity index (χ3v) is 7.46. The number of nitrogens with two attached hydrogens (primary N) is 1. The Bertz CT molecular complexity index is 922. The van der Waals surface area contributed by atoms with Gasteiger partial charge >= 0.3 is 8.60 Å². The second-order valence-electron chi connectivity index (χ2n) is 8.33. The highest BCUT2D eigenvalue weighted by Crippen LogP contribution is 2.59. The monoisotopic (exact) mass is 482 g/mol. The SMILES string of the molecule is CCOP(OCC)OOc1cc2c3c(c1OC)OC1CC(O)C=CC31CC(C(N)=O)N(C)C2. The van der Waals surface area contributed by atoms with E-state index in [4.69, 9.17) is 33.8 Å². The summed E-state index contributed by atoms with van der Waals surface area (Å²) in [7, 11) is 1.69. The standard InChI is InChI=1S/C22H31N2O8P/c1-5-28-33(29-6-2)32-31-16-9-13-12-24(3)15(21(23)26)11-22-8-7-14(25)10-17(22)30-20(18(13)22)19(16)27-4/h7-9,14-15,17,25H,5-6,10-12H2,1-4H3,(H2,23,26). The number of rotatable bonds is 9. The molecule has 1 aliphatic carbocycles. The number of primary amides is 1. The second kappa shape index (κ2) is 9.74. The molecular formula is C22H31N2O8P. The number of hydrogen-bond acceptors (Lipinski definition) is 9. The molecule has 182 valence electrons. The van der Waals surface area contributed by atoms with Crippen molar-refractivity contribution in [2.75, 3.05) is 27.4 Å². The van der Waals surface area contributed by atoms with Crippen LogP contribution in [0.1, 0.15) is 37.8 Å². The molecule has 4 atom stereocenters. The van der Waals surface area contributed by atoms with Crippen molar-refractivity contribution in [3.8, 4) is 17.2 Å². The van der Waals surface area contributed by atoms with E-state index in [2.05, 4.69) is 0 Å². The normalized spacial score (nSPS) is 28.1. The average Bonchev–Trinajstić information content (AvgIpc) is 3.03. The van der Waals surface area contributed by atoms with Gasteiger partial charge in [-0.25, -0.2) is 0 Å². The molecule has 1 spiro atoms. The van der Waals surface area contributed by atoms with E-state index in [-0.39, 0.29) is 6.10 Å². The van der Waals surface area contributed by atoms with Crippen molar-refractivity contribution in [2.45, 2.75) is 56.9 Å². The van der Waals surface area contributed by atoms with Gasteiger partial charge in [-0.3, -0.25) is 9.69 Å². The van der Waals surface area contributed by atoms with Crippen molar-refractivity contribution < 1.29 is 38.0 Å². The molecule has 11 heteroatoms. The molecule has 2 aliphatic heterocycles. The molecule has 33 heavy (non-hydrogen) atoms. The van der Waals surface area contributed by atoms with Gasteiger partial charge in [-0.15, -0.1) is 4.67 Å². The van der Waals surface area contributed by atoms with Crippen LogP contribution in [-0.2, 0) is 30.5 Å².